The maximum absolute atomic E-state index is 5.89. The second-order valence-electron chi connectivity index (χ2n) is 5.69. The van der Waals surface area contributed by atoms with Gasteiger partial charge < -0.3 is 11.1 Å². The molecule has 1 fully saturated rings. The number of aryl methyl sites for hydroxylation is 1. The molecule has 0 aromatic heterocycles. The number of hydrogen-bond acceptors (Lipinski definition) is 2. The fourth-order valence-corrected chi connectivity index (χ4v) is 2.98. The molecule has 2 rings (SSSR count). The van der Waals surface area contributed by atoms with Crippen molar-refractivity contribution in [2.45, 2.75) is 51.6 Å². The van der Waals surface area contributed by atoms with Gasteiger partial charge in [0.2, 0.25) is 0 Å². The van der Waals surface area contributed by atoms with Crippen LogP contribution in [-0.4, -0.2) is 12.6 Å². The van der Waals surface area contributed by atoms with Crippen LogP contribution in [0, 0.1) is 12.8 Å². The molecule has 0 bridgehead atoms. The Bertz CT molecular complexity index is 358. The Morgan fingerprint density at radius 1 is 1.22 bits per heavy atom. The Labute approximate surface area is 111 Å². The highest BCUT2D eigenvalue weighted by molar-refractivity contribution is 5.23. The second-order valence-corrected chi connectivity index (χ2v) is 5.69. The third-order valence-electron chi connectivity index (χ3n) is 4.25. The van der Waals surface area contributed by atoms with Crippen molar-refractivity contribution in [1.29, 1.82) is 0 Å². The first-order valence-corrected chi connectivity index (χ1v) is 7.23. The van der Waals surface area contributed by atoms with Crippen LogP contribution in [0.15, 0.2) is 24.3 Å². The summed E-state index contributed by atoms with van der Waals surface area (Å²) >= 11 is 0. The van der Waals surface area contributed by atoms with Gasteiger partial charge in [0, 0.05) is 12.1 Å². The summed E-state index contributed by atoms with van der Waals surface area (Å²) in [6, 6.07) is 9.85. The van der Waals surface area contributed by atoms with Crippen molar-refractivity contribution < 1.29 is 0 Å². The van der Waals surface area contributed by atoms with Crippen molar-refractivity contribution in [2.75, 3.05) is 6.54 Å². The molecule has 3 atom stereocenters. The van der Waals surface area contributed by atoms with Crippen LogP contribution in [0.3, 0.4) is 0 Å². The molecule has 0 saturated heterocycles. The maximum atomic E-state index is 5.89. The van der Waals surface area contributed by atoms with E-state index in [4.69, 9.17) is 5.73 Å². The normalized spacial score (nSPS) is 25.9. The van der Waals surface area contributed by atoms with Gasteiger partial charge in [-0.15, -0.1) is 0 Å². The first kappa shape index (κ1) is 13.6. The van der Waals surface area contributed by atoms with Gasteiger partial charge in [-0.2, -0.15) is 0 Å². The van der Waals surface area contributed by atoms with E-state index in [0.29, 0.717) is 18.0 Å². The zero-order valence-corrected chi connectivity index (χ0v) is 11.7. The SMILES string of the molecule is Cc1ccc([C@H](C)NC2CCCCC2CN)cc1. The summed E-state index contributed by atoms with van der Waals surface area (Å²) in [6.07, 6.45) is 5.25. The smallest absolute Gasteiger partial charge is 0.0294 e. The van der Waals surface area contributed by atoms with Gasteiger partial charge in [-0.25, -0.2) is 0 Å². The quantitative estimate of drug-likeness (QED) is 0.856. The van der Waals surface area contributed by atoms with Crippen LogP contribution in [0.5, 0.6) is 0 Å². The summed E-state index contributed by atoms with van der Waals surface area (Å²) in [5.74, 6) is 0.659. The van der Waals surface area contributed by atoms with E-state index < -0.39 is 0 Å². The molecule has 2 heteroatoms. The second kappa shape index (κ2) is 6.35. The molecule has 1 saturated carbocycles. The Kier molecular flexibility index (Phi) is 4.79. The molecule has 0 aliphatic heterocycles. The molecular weight excluding hydrogens is 220 g/mol. The average molecular weight is 246 g/mol. The standard InChI is InChI=1S/C16H26N2/c1-12-7-9-14(10-8-12)13(2)18-16-6-4-3-5-15(16)11-17/h7-10,13,15-16,18H,3-6,11,17H2,1-2H3/t13-,15?,16?/m0/s1. The van der Waals surface area contributed by atoms with Crippen molar-refractivity contribution in [3.63, 3.8) is 0 Å². The van der Waals surface area contributed by atoms with Gasteiger partial charge in [-0.3, -0.25) is 0 Å². The van der Waals surface area contributed by atoms with E-state index in [0.717, 1.165) is 6.54 Å². The topological polar surface area (TPSA) is 38.0 Å². The number of nitrogens with one attached hydrogen (secondary N) is 1. The fourth-order valence-electron chi connectivity index (χ4n) is 2.98. The monoisotopic (exact) mass is 246 g/mol. The predicted octanol–water partition coefficient (Wildman–Crippen LogP) is 3.16. The molecule has 2 nitrogen and oxygen atoms in total. The first-order valence-electron chi connectivity index (χ1n) is 7.23. The van der Waals surface area contributed by atoms with Crippen LogP contribution in [0.2, 0.25) is 0 Å². The molecule has 1 aliphatic carbocycles. The molecule has 2 unspecified atom stereocenters. The Morgan fingerprint density at radius 2 is 1.89 bits per heavy atom. The highest BCUT2D eigenvalue weighted by Crippen LogP contribution is 2.26. The largest absolute Gasteiger partial charge is 0.330 e. The van der Waals surface area contributed by atoms with Crippen molar-refractivity contribution in [3.8, 4) is 0 Å². The van der Waals surface area contributed by atoms with Crippen molar-refractivity contribution >= 4 is 0 Å². The lowest BCUT2D eigenvalue weighted by Gasteiger charge is -2.34. The molecule has 18 heavy (non-hydrogen) atoms. The molecular formula is C16H26N2. The van der Waals surface area contributed by atoms with Gasteiger partial charge in [0.15, 0.2) is 0 Å². The number of rotatable bonds is 4. The van der Waals surface area contributed by atoms with E-state index in [1.54, 1.807) is 0 Å². The summed E-state index contributed by atoms with van der Waals surface area (Å²) < 4.78 is 0. The third-order valence-corrected chi connectivity index (χ3v) is 4.25. The molecule has 1 aromatic rings. The van der Waals surface area contributed by atoms with E-state index in [1.807, 2.05) is 0 Å². The first-order chi connectivity index (χ1) is 8.70. The molecule has 100 valence electrons. The highest BCUT2D eigenvalue weighted by atomic mass is 15.0. The lowest BCUT2D eigenvalue weighted by Crippen LogP contribution is -2.42. The lowest BCUT2D eigenvalue weighted by atomic mass is 9.84. The molecule has 1 aromatic carbocycles. The summed E-state index contributed by atoms with van der Waals surface area (Å²) in [5.41, 5.74) is 8.59. The van der Waals surface area contributed by atoms with Crippen LogP contribution in [0.1, 0.15) is 49.8 Å². The highest BCUT2D eigenvalue weighted by Gasteiger charge is 2.25. The summed E-state index contributed by atoms with van der Waals surface area (Å²) in [5, 5.41) is 3.78. The fraction of sp³-hybridized carbons (Fsp3) is 0.625. The number of hydrogen-bond donors (Lipinski definition) is 2. The Hall–Kier alpha value is -0.860. The van der Waals surface area contributed by atoms with Gasteiger partial charge in [0.05, 0.1) is 0 Å². The van der Waals surface area contributed by atoms with Gasteiger partial charge in [-0.1, -0.05) is 42.7 Å². The lowest BCUT2D eigenvalue weighted by molar-refractivity contribution is 0.252. The van der Waals surface area contributed by atoms with Gasteiger partial charge in [-0.05, 0) is 44.7 Å². The zero-order chi connectivity index (χ0) is 13.0. The Morgan fingerprint density at radius 3 is 2.56 bits per heavy atom. The van der Waals surface area contributed by atoms with Gasteiger partial charge in [0.25, 0.3) is 0 Å². The van der Waals surface area contributed by atoms with Gasteiger partial charge in [0.1, 0.15) is 0 Å². The molecule has 1 aliphatic rings. The van der Waals surface area contributed by atoms with Crippen LogP contribution >= 0.6 is 0 Å². The Balaban J connectivity index is 1.97. The number of benzene rings is 1. The molecule has 0 amide bonds. The molecule has 0 spiro atoms. The van der Waals surface area contributed by atoms with Crippen molar-refractivity contribution in [3.05, 3.63) is 35.4 Å². The minimum absolute atomic E-state index is 0.419. The van der Waals surface area contributed by atoms with E-state index in [2.05, 4.69) is 43.4 Å². The minimum atomic E-state index is 0.419. The van der Waals surface area contributed by atoms with E-state index >= 15 is 0 Å². The van der Waals surface area contributed by atoms with Crippen LogP contribution in [0.4, 0.5) is 0 Å². The van der Waals surface area contributed by atoms with Crippen LogP contribution in [0.25, 0.3) is 0 Å². The summed E-state index contributed by atoms with van der Waals surface area (Å²) in [4.78, 5) is 0. The van der Waals surface area contributed by atoms with Crippen molar-refractivity contribution in [1.82, 2.24) is 5.32 Å². The maximum Gasteiger partial charge on any atom is 0.0294 e. The van der Waals surface area contributed by atoms with E-state index in [-0.39, 0.29) is 0 Å². The van der Waals surface area contributed by atoms with E-state index in [9.17, 15) is 0 Å². The van der Waals surface area contributed by atoms with Crippen LogP contribution < -0.4 is 11.1 Å². The molecule has 3 N–H and O–H groups in total. The molecule has 0 radical (unpaired) electrons. The summed E-state index contributed by atoms with van der Waals surface area (Å²) in [7, 11) is 0. The molecule has 0 heterocycles. The predicted molar refractivity (Wildman–Crippen MR) is 77.5 cm³/mol. The zero-order valence-electron chi connectivity index (χ0n) is 11.7. The van der Waals surface area contributed by atoms with Gasteiger partial charge >= 0.3 is 0 Å². The van der Waals surface area contributed by atoms with E-state index in [1.165, 1.54) is 36.8 Å². The average Bonchev–Trinajstić information content (AvgIpc) is 2.40. The van der Waals surface area contributed by atoms with Crippen LogP contribution in [-0.2, 0) is 0 Å². The number of nitrogens with two attached hydrogens (primary N) is 1. The van der Waals surface area contributed by atoms with Crippen molar-refractivity contribution in [2.24, 2.45) is 11.7 Å². The third kappa shape index (κ3) is 3.33. The minimum Gasteiger partial charge on any atom is -0.330 e. The summed E-state index contributed by atoms with van der Waals surface area (Å²) in [6.45, 7) is 5.21.